The van der Waals surface area contributed by atoms with Gasteiger partial charge in [0, 0.05) is 31.7 Å². The molecule has 1 aliphatic heterocycles. The number of aromatic nitrogens is 4. The molecule has 2 aromatic rings. The van der Waals surface area contributed by atoms with Gasteiger partial charge in [0.05, 0.1) is 18.9 Å². The molecule has 0 unspecified atom stereocenters. The van der Waals surface area contributed by atoms with Gasteiger partial charge in [0.15, 0.2) is 0 Å². The first-order valence-corrected chi connectivity index (χ1v) is 7.25. The van der Waals surface area contributed by atoms with Gasteiger partial charge >= 0.3 is 0 Å². The van der Waals surface area contributed by atoms with E-state index in [4.69, 9.17) is 4.74 Å². The molecule has 3 rings (SSSR count). The predicted molar refractivity (Wildman–Crippen MR) is 78.7 cm³/mol. The van der Waals surface area contributed by atoms with Gasteiger partial charge in [-0.2, -0.15) is 0 Å². The molecular formula is C14H18N6O2. The number of tetrazole rings is 1. The van der Waals surface area contributed by atoms with Gasteiger partial charge in [-0.25, -0.2) is 4.68 Å². The van der Waals surface area contributed by atoms with Crippen LogP contribution in [0.4, 0.5) is 0 Å². The van der Waals surface area contributed by atoms with Crippen LogP contribution in [0.15, 0.2) is 30.6 Å². The zero-order valence-corrected chi connectivity index (χ0v) is 12.2. The lowest BCUT2D eigenvalue weighted by atomic mass is 10.2. The van der Waals surface area contributed by atoms with Crippen molar-refractivity contribution < 1.29 is 9.53 Å². The second-order valence-electron chi connectivity index (χ2n) is 5.01. The third-order valence-corrected chi connectivity index (χ3v) is 3.54. The summed E-state index contributed by atoms with van der Waals surface area (Å²) in [6.07, 6.45) is 1.50. The lowest BCUT2D eigenvalue weighted by molar-refractivity contribution is 0.0383. The van der Waals surface area contributed by atoms with E-state index in [1.54, 1.807) is 12.1 Å². The van der Waals surface area contributed by atoms with E-state index in [1.807, 2.05) is 12.1 Å². The van der Waals surface area contributed by atoms with Crippen molar-refractivity contribution in [1.29, 1.82) is 0 Å². The number of hydrogen-bond donors (Lipinski definition) is 1. The second-order valence-corrected chi connectivity index (χ2v) is 5.01. The molecule has 1 fully saturated rings. The van der Waals surface area contributed by atoms with E-state index in [0.29, 0.717) is 12.1 Å². The Kier molecular flexibility index (Phi) is 4.71. The summed E-state index contributed by atoms with van der Waals surface area (Å²) < 4.78 is 6.82. The highest BCUT2D eigenvalue weighted by Gasteiger charge is 2.11. The van der Waals surface area contributed by atoms with Crippen LogP contribution in [0.3, 0.4) is 0 Å². The third-order valence-electron chi connectivity index (χ3n) is 3.54. The average molecular weight is 302 g/mol. The fourth-order valence-corrected chi connectivity index (χ4v) is 2.32. The van der Waals surface area contributed by atoms with E-state index in [2.05, 4.69) is 25.7 Å². The van der Waals surface area contributed by atoms with Crippen LogP contribution in [0.5, 0.6) is 0 Å². The van der Waals surface area contributed by atoms with Gasteiger partial charge in [0.1, 0.15) is 6.33 Å². The van der Waals surface area contributed by atoms with Crippen molar-refractivity contribution in [1.82, 2.24) is 30.4 Å². The van der Waals surface area contributed by atoms with E-state index in [0.717, 1.165) is 38.5 Å². The third kappa shape index (κ3) is 3.66. The lowest BCUT2D eigenvalue weighted by Crippen LogP contribution is -2.41. The molecule has 0 bridgehead atoms. The predicted octanol–water partition coefficient (Wildman–Crippen LogP) is -0.276. The highest BCUT2D eigenvalue weighted by Crippen LogP contribution is 2.08. The summed E-state index contributed by atoms with van der Waals surface area (Å²) in [5, 5.41) is 13.9. The van der Waals surface area contributed by atoms with Crippen molar-refractivity contribution in [2.75, 3.05) is 39.4 Å². The highest BCUT2D eigenvalue weighted by atomic mass is 16.5. The number of nitrogens with one attached hydrogen (secondary N) is 1. The number of rotatable bonds is 5. The summed E-state index contributed by atoms with van der Waals surface area (Å²) in [4.78, 5) is 14.5. The van der Waals surface area contributed by atoms with Gasteiger partial charge in [-0.1, -0.05) is 6.07 Å². The van der Waals surface area contributed by atoms with Crippen LogP contribution in [0.2, 0.25) is 0 Å². The maximum Gasteiger partial charge on any atom is 0.251 e. The van der Waals surface area contributed by atoms with Crippen molar-refractivity contribution in [2.24, 2.45) is 0 Å². The van der Waals surface area contributed by atoms with Crippen LogP contribution < -0.4 is 5.32 Å². The molecule has 8 nitrogen and oxygen atoms in total. The molecule has 0 spiro atoms. The standard InChI is InChI=1S/C14H18N6O2/c21-14(15-4-5-19-6-8-22-9-7-19)12-2-1-3-13(10-12)20-11-16-17-18-20/h1-3,10-11H,4-9H2,(H,15,21). The molecule has 8 heteroatoms. The molecule has 1 amide bonds. The second kappa shape index (κ2) is 7.10. The fourth-order valence-electron chi connectivity index (χ4n) is 2.32. The van der Waals surface area contributed by atoms with E-state index in [9.17, 15) is 4.79 Å². The zero-order chi connectivity index (χ0) is 15.2. The number of hydrogen-bond acceptors (Lipinski definition) is 6. The minimum atomic E-state index is -0.0943. The molecular weight excluding hydrogens is 284 g/mol. The number of carbonyl (C=O) groups excluding carboxylic acids is 1. The molecule has 0 atom stereocenters. The SMILES string of the molecule is O=C(NCCN1CCOCC1)c1cccc(-n2cnnn2)c1. The number of nitrogens with zero attached hydrogens (tertiary/aromatic N) is 5. The van der Waals surface area contributed by atoms with E-state index < -0.39 is 0 Å². The Morgan fingerprint density at radius 1 is 1.32 bits per heavy atom. The molecule has 116 valence electrons. The fraction of sp³-hybridized carbons (Fsp3) is 0.429. The summed E-state index contributed by atoms with van der Waals surface area (Å²) in [6, 6.07) is 7.20. The lowest BCUT2D eigenvalue weighted by Gasteiger charge is -2.26. The molecule has 0 saturated carbocycles. The molecule has 1 saturated heterocycles. The normalized spacial score (nSPS) is 15.6. The van der Waals surface area contributed by atoms with Crippen LogP contribution in [0.25, 0.3) is 5.69 Å². The minimum absolute atomic E-state index is 0.0943. The molecule has 0 radical (unpaired) electrons. The van der Waals surface area contributed by atoms with Crippen molar-refractivity contribution in [3.05, 3.63) is 36.2 Å². The van der Waals surface area contributed by atoms with Crippen LogP contribution >= 0.6 is 0 Å². The van der Waals surface area contributed by atoms with Crippen molar-refractivity contribution >= 4 is 5.91 Å². The minimum Gasteiger partial charge on any atom is -0.379 e. The largest absolute Gasteiger partial charge is 0.379 e. The molecule has 0 aliphatic carbocycles. The van der Waals surface area contributed by atoms with Crippen LogP contribution in [0.1, 0.15) is 10.4 Å². The topological polar surface area (TPSA) is 85.2 Å². The Hall–Kier alpha value is -2.32. The maximum atomic E-state index is 12.2. The van der Waals surface area contributed by atoms with E-state index in [-0.39, 0.29) is 5.91 Å². The Morgan fingerprint density at radius 2 is 2.18 bits per heavy atom. The summed E-state index contributed by atoms with van der Waals surface area (Å²) in [5.74, 6) is -0.0943. The number of ether oxygens (including phenoxy) is 1. The molecule has 1 aromatic carbocycles. The van der Waals surface area contributed by atoms with Gasteiger partial charge in [0.2, 0.25) is 0 Å². The first-order chi connectivity index (χ1) is 10.8. The molecule has 1 aliphatic rings. The van der Waals surface area contributed by atoms with Gasteiger partial charge in [-0.05, 0) is 28.6 Å². The Bertz CT molecular complexity index is 610. The van der Waals surface area contributed by atoms with E-state index in [1.165, 1.54) is 11.0 Å². The van der Waals surface area contributed by atoms with Crippen molar-refractivity contribution in [2.45, 2.75) is 0 Å². The highest BCUT2D eigenvalue weighted by molar-refractivity contribution is 5.94. The quantitative estimate of drug-likeness (QED) is 0.818. The Labute approximate surface area is 128 Å². The van der Waals surface area contributed by atoms with Gasteiger partial charge in [-0.15, -0.1) is 5.10 Å². The Balaban J connectivity index is 1.54. The molecule has 1 N–H and O–H groups in total. The smallest absolute Gasteiger partial charge is 0.251 e. The van der Waals surface area contributed by atoms with Gasteiger partial charge in [0.25, 0.3) is 5.91 Å². The summed E-state index contributed by atoms with van der Waals surface area (Å²) >= 11 is 0. The van der Waals surface area contributed by atoms with E-state index >= 15 is 0 Å². The van der Waals surface area contributed by atoms with Crippen LogP contribution in [-0.4, -0.2) is 70.4 Å². The van der Waals surface area contributed by atoms with Crippen LogP contribution in [0, 0.1) is 0 Å². The summed E-state index contributed by atoms with van der Waals surface area (Å²) in [6.45, 7) is 4.83. The monoisotopic (exact) mass is 302 g/mol. The number of amides is 1. The average Bonchev–Trinajstić information content (AvgIpc) is 3.10. The zero-order valence-electron chi connectivity index (χ0n) is 12.2. The van der Waals surface area contributed by atoms with Crippen molar-refractivity contribution in [3.63, 3.8) is 0 Å². The molecule has 22 heavy (non-hydrogen) atoms. The summed E-state index contributed by atoms with van der Waals surface area (Å²) in [5.41, 5.74) is 1.35. The maximum absolute atomic E-state index is 12.2. The summed E-state index contributed by atoms with van der Waals surface area (Å²) in [7, 11) is 0. The number of morpholine rings is 1. The van der Waals surface area contributed by atoms with Crippen molar-refractivity contribution in [3.8, 4) is 5.69 Å². The Morgan fingerprint density at radius 3 is 2.95 bits per heavy atom. The molecule has 1 aromatic heterocycles. The molecule has 2 heterocycles. The van der Waals surface area contributed by atoms with Crippen LogP contribution in [-0.2, 0) is 4.74 Å². The first-order valence-electron chi connectivity index (χ1n) is 7.25. The number of carbonyl (C=O) groups is 1. The van der Waals surface area contributed by atoms with Gasteiger partial charge in [-0.3, -0.25) is 9.69 Å². The van der Waals surface area contributed by atoms with Gasteiger partial charge < -0.3 is 10.1 Å². The first kappa shape index (κ1) is 14.6. The number of benzene rings is 1.